The van der Waals surface area contributed by atoms with Crippen LogP contribution in [0.15, 0.2) is 15.9 Å². The molecule has 0 bridgehead atoms. The smallest absolute Gasteiger partial charge is 0.332 e. The number of hydrogen-bond acceptors (Lipinski definition) is 7. The van der Waals surface area contributed by atoms with Crippen LogP contribution in [-0.4, -0.2) is 64.8 Å². The standard InChI is InChI=1S/C25H38N6O5S/c1-16(32)8-5-6-12-31-23(34)21-22(26-15-29(21)2)30(25(31)36)13-7-10-17(33)9-3-4-11-19-20-18(14-37-19)27-24(35)28-20/h15-16,18-20,32H,3-14H2,1-2H3,(H2,27,28,35)/t16-,18+,19+,20+/m1/s1. The van der Waals surface area contributed by atoms with Crippen molar-refractivity contribution in [3.63, 3.8) is 0 Å². The highest BCUT2D eigenvalue weighted by Gasteiger charge is 2.42. The number of carbonyl (C=O) groups excluding carboxylic acids is 2. The van der Waals surface area contributed by atoms with Crippen LogP contribution in [0.5, 0.6) is 0 Å². The first kappa shape index (κ1) is 27.4. The number of hydrogen-bond donors (Lipinski definition) is 3. The Morgan fingerprint density at radius 3 is 2.65 bits per heavy atom. The lowest BCUT2D eigenvalue weighted by molar-refractivity contribution is -0.119. The molecule has 12 heteroatoms. The van der Waals surface area contributed by atoms with E-state index in [1.165, 1.54) is 15.5 Å². The monoisotopic (exact) mass is 534 g/mol. The summed E-state index contributed by atoms with van der Waals surface area (Å²) in [5.74, 6) is 1.11. The summed E-state index contributed by atoms with van der Waals surface area (Å²) in [7, 11) is 1.73. The summed E-state index contributed by atoms with van der Waals surface area (Å²) >= 11 is 1.88. The average molecular weight is 535 g/mol. The van der Waals surface area contributed by atoms with Gasteiger partial charge in [-0.2, -0.15) is 11.8 Å². The normalized spacial score (nSPS) is 21.7. The van der Waals surface area contributed by atoms with E-state index in [2.05, 4.69) is 15.6 Å². The molecule has 0 unspecified atom stereocenters. The van der Waals surface area contributed by atoms with Crippen molar-refractivity contribution in [2.45, 2.75) is 101 Å². The minimum absolute atomic E-state index is 0.0793. The van der Waals surface area contributed by atoms with Gasteiger partial charge in [-0.3, -0.25) is 18.7 Å². The van der Waals surface area contributed by atoms with Gasteiger partial charge in [0, 0.05) is 44.0 Å². The van der Waals surface area contributed by atoms with Crippen LogP contribution in [0.2, 0.25) is 0 Å². The molecule has 2 aliphatic heterocycles. The van der Waals surface area contributed by atoms with Crippen LogP contribution >= 0.6 is 11.8 Å². The lowest BCUT2D eigenvalue weighted by Gasteiger charge is -2.16. The first-order valence-corrected chi connectivity index (χ1v) is 14.3. The van der Waals surface area contributed by atoms with E-state index in [1.54, 1.807) is 18.5 Å². The summed E-state index contributed by atoms with van der Waals surface area (Å²) in [6.45, 7) is 2.32. The molecule has 2 fully saturated rings. The maximum absolute atomic E-state index is 13.2. The summed E-state index contributed by atoms with van der Waals surface area (Å²) in [6.07, 6.45) is 7.19. The zero-order valence-corrected chi connectivity index (χ0v) is 22.5. The number of aliphatic hydroxyl groups is 1. The van der Waals surface area contributed by atoms with Crippen LogP contribution in [0, 0.1) is 0 Å². The lowest BCUT2D eigenvalue weighted by Crippen LogP contribution is -2.40. The van der Waals surface area contributed by atoms with Gasteiger partial charge in [-0.1, -0.05) is 6.42 Å². The third-order valence-electron chi connectivity index (χ3n) is 7.31. The molecule has 2 aromatic rings. The molecule has 4 heterocycles. The molecule has 37 heavy (non-hydrogen) atoms. The Balaban J connectivity index is 1.27. The molecular weight excluding hydrogens is 496 g/mol. The Morgan fingerprint density at radius 1 is 1.11 bits per heavy atom. The fourth-order valence-corrected chi connectivity index (χ4v) is 6.83. The van der Waals surface area contributed by atoms with Gasteiger partial charge in [0.15, 0.2) is 11.2 Å². The molecule has 0 spiro atoms. The molecule has 2 saturated heterocycles. The van der Waals surface area contributed by atoms with Crippen LogP contribution in [0.1, 0.15) is 64.7 Å². The van der Waals surface area contributed by atoms with Crippen molar-refractivity contribution in [2.75, 3.05) is 5.75 Å². The van der Waals surface area contributed by atoms with Crippen molar-refractivity contribution in [1.29, 1.82) is 0 Å². The third-order valence-corrected chi connectivity index (χ3v) is 8.81. The molecule has 0 aliphatic carbocycles. The first-order valence-electron chi connectivity index (χ1n) is 13.3. The number of ketones is 1. The molecule has 11 nitrogen and oxygen atoms in total. The van der Waals surface area contributed by atoms with E-state index in [0.29, 0.717) is 61.5 Å². The summed E-state index contributed by atoms with van der Waals surface area (Å²) < 4.78 is 4.39. The molecular formula is C25H38N6O5S. The third kappa shape index (κ3) is 6.46. The van der Waals surface area contributed by atoms with Gasteiger partial charge < -0.3 is 20.3 Å². The number of thioether (sulfide) groups is 1. The predicted octanol–water partition coefficient (Wildman–Crippen LogP) is 1.52. The van der Waals surface area contributed by atoms with Gasteiger partial charge in [0.05, 0.1) is 24.5 Å². The number of rotatable bonds is 14. The van der Waals surface area contributed by atoms with E-state index < -0.39 is 11.8 Å². The second kappa shape index (κ2) is 12.3. The van der Waals surface area contributed by atoms with Crippen molar-refractivity contribution in [3.05, 3.63) is 27.2 Å². The highest BCUT2D eigenvalue weighted by molar-refractivity contribution is 8.00. The van der Waals surface area contributed by atoms with Crippen molar-refractivity contribution < 1.29 is 14.7 Å². The number of imidazole rings is 1. The number of carbonyl (C=O) groups is 2. The van der Waals surface area contributed by atoms with Crippen LogP contribution in [0.25, 0.3) is 11.2 Å². The first-order chi connectivity index (χ1) is 17.8. The summed E-state index contributed by atoms with van der Waals surface area (Å²) in [6, 6.07) is 0.331. The fraction of sp³-hybridized carbons (Fsp3) is 0.720. The number of amides is 2. The van der Waals surface area contributed by atoms with Crippen LogP contribution < -0.4 is 21.9 Å². The fourth-order valence-electron chi connectivity index (χ4n) is 5.29. The molecule has 0 aromatic carbocycles. The number of aromatic nitrogens is 4. The Labute approximate surface area is 220 Å². The number of aryl methyl sites for hydroxylation is 2. The molecule has 204 valence electrons. The zero-order chi connectivity index (χ0) is 26.5. The Hall–Kier alpha value is -2.60. The SMILES string of the molecule is C[C@@H](O)CCCCn1c(=O)c2c(ncn2C)n(CCCC(=O)CCCC[C@@H]2SC[C@@H]3NC(=O)N[C@@H]32)c1=O. The summed E-state index contributed by atoms with van der Waals surface area (Å²) in [5.41, 5.74) is -0.0289. The molecule has 4 atom stereocenters. The largest absolute Gasteiger partial charge is 0.393 e. The lowest BCUT2D eigenvalue weighted by atomic mass is 10.0. The number of Topliss-reactive ketones (excluding diaryl/α,β-unsaturated/α-hetero) is 1. The van der Waals surface area contributed by atoms with Crippen molar-refractivity contribution in [1.82, 2.24) is 29.3 Å². The van der Waals surface area contributed by atoms with Gasteiger partial charge >= 0.3 is 11.7 Å². The Bertz CT molecular complexity index is 1230. The van der Waals surface area contributed by atoms with E-state index in [4.69, 9.17) is 0 Å². The summed E-state index contributed by atoms with van der Waals surface area (Å²) in [4.78, 5) is 54.4. The van der Waals surface area contributed by atoms with Crippen LogP contribution in [0.3, 0.4) is 0 Å². The molecule has 2 aromatic heterocycles. The average Bonchev–Trinajstić information content (AvgIpc) is 3.52. The van der Waals surface area contributed by atoms with E-state index in [1.807, 2.05) is 11.8 Å². The quantitative estimate of drug-likeness (QED) is 0.247. The van der Waals surface area contributed by atoms with Gasteiger partial charge in [0.2, 0.25) is 0 Å². The van der Waals surface area contributed by atoms with E-state index in [-0.39, 0.29) is 36.0 Å². The number of aliphatic hydroxyl groups excluding tert-OH is 1. The number of nitrogens with zero attached hydrogens (tertiary/aromatic N) is 4. The van der Waals surface area contributed by atoms with Gasteiger partial charge in [0.25, 0.3) is 5.56 Å². The van der Waals surface area contributed by atoms with Gasteiger partial charge in [-0.05, 0) is 45.4 Å². The topological polar surface area (TPSA) is 140 Å². The molecule has 0 radical (unpaired) electrons. The van der Waals surface area contributed by atoms with Crippen molar-refractivity contribution in [3.8, 4) is 0 Å². The molecule has 2 aliphatic rings. The maximum atomic E-state index is 13.2. The number of nitrogens with one attached hydrogen (secondary N) is 2. The highest BCUT2D eigenvalue weighted by atomic mass is 32.2. The van der Waals surface area contributed by atoms with Gasteiger partial charge in [-0.25, -0.2) is 14.6 Å². The van der Waals surface area contributed by atoms with Crippen LogP contribution in [0.4, 0.5) is 4.79 Å². The van der Waals surface area contributed by atoms with E-state index >= 15 is 0 Å². The van der Waals surface area contributed by atoms with E-state index in [0.717, 1.165) is 25.0 Å². The minimum atomic E-state index is -0.410. The molecule has 3 N–H and O–H groups in total. The predicted molar refractivity (Wildman–Crippen MR) is 143 cm³/mol. The Kier molecular flexibility index (Phi) is 9.12. The molecule has 0 saturated carbocycles. The highest BCUT2D eigenvalue weighted by Crippen LogP contribution is 2.33. The summed E-state index contributed by atoms with van der Waals surface area (Å²) in [5, 5.41) is 15.8. The number of fused-ring (bicyclic) bond motifs is 2. The van der Waals surface area contributed by atoms with Crippen molar-refractivity contribution >= 4 is 34.7 Å². The van der Waals surface area contributed by atoms with Crippen molar-refractivity contribution in [2.24, 2.45) is 7.05 Å². The second-order valence-corrected chi connectivity index (χ2v) is 11.5. The maximum Gasteiger partial charge on any atom is 0.332 e. The van der Waals surface area contributed by atoms with Gasteiger partial charge in [0.1, 0.15) is 5.78 Å². The zero-order valence-electron chi connectivity index (χ0n) is 21.6. The number of urea groups is 1. The van der Waals surface area contributed by atoms with Crippen LogP contribution in [-0.2, 0) is 24.9 Å². The minimum Gasteiger partial charge on any atom is -0.393 e. The van der Waals surface area contributed by atoms with E-state index in [9.17, 15) is 24.3 Å². The molecule has 2 amide bonds. The Morgan fingerprint density at radius 2 is 1.86 bits per heavy atom. The second-order valence-electron chi connectivity index (χ2n) is 10.3. The number of unbranched alkanes of at least 4 members (excludes halogenated alkanes) is 2. The van der Waals surface area contributed by atoms with Gasteiger partial charge in [-0.15, -0.1) is 0 Å². The molecule has 4 rings (SSSR count).